The van der Waals surface area contributed by atoms with E-state index in [0.717, 1.165) is 23.9 Å². The van der Waals surface area contributed by atoms with Gasteiger partial charge in [0.2, 0.25) is 5.88 Å². The third-order valence-corrected chi connectivity index (χ3v) is 5.33. The second-order valence-electron chi connectivity index (χ2n) is 6.79. The number of hydrogen-bond donors (Lipinski definition) is 0. The van der Waals surface area contributed by atoms with E-state index in [4.69, 9.17) is 9.72 Å². The maximum atomic E-state index is 6.08. The molecule has 1 aliphatic carbocycles. The van der Waals surface area contributed by atoms with Crippen LogP contribution in [0.2, 0.25) is 0 Å². The van der Waals surface area contributed by atoms with E-state index in [2.05, 4.69) is 48.8 Å². The number of rotatable bonds is 6. The molecular weight excluding hydrogens is 350 g/mol. The van der Waals surface area contributed by atoms with Gasteiger partial charge in [0.05, 0.1) is 0 Å². The number of nitrogens with zero attached hydrogens (tertiary/aromatic N) is 1. The molecule has 0 spiro atoms. The summed E-state index contributed by atoms with van der Waals surface area (Å²) in [5, 5.41) is 0. The summed E-state index contributed by atoms with van der Waals surface area (Å²) in [7, 11) is 0. The number of hydrogen-bond acceptors (Lipinski definition) is 2. The maximum absolute atomic E-state index is 6.08. The SMILES string of the molecule is Cc1nc(OCc2ccccc2)c(C(C)C)c(Br)c1CC1CC1. The van der Waals surface area contributed by atoms with Crippen LogP contribution < -0.4 is 4.74 Å². The number of pyridine rings is 1. The minimum absolute atomic E-state index is 0.376. The van der Waals surface area contributed by atoms with E-state index >= 15 is 0 Å². The summed E-state index contributed by atoms with van der Waals surface area (Å²) in [5.74, 6) is 2.00. The van der Waals surface area contributed by atoms with Crippen molar-refractivity contribution in [3.8, 4) is 5.88 Å². The van der Waals surface area contributed by atoms with E-state index in [1.807, 2.05) is 18.2 Å². The highest BCUT2D eigenvalue weighted by molar-refractivity contribution is 9.10. The summed E-state index contributed by atoms with van der Waals surface area (Å²) in [5.41, 5.74) is 4.82. The molecule has 23 heavy (non-hydrogen) atoms. The fourth-order valence-electron chi connectivity index (χ4n) is 2.88. The Kier molecular flexibility index (Phi) is 5.05. The van der Waals surface area contributed by atoms with E-state index in [1.165, 1.54) is 34.0 Å². The molecule has 0 radical (unpaired) electrons. The van der Waals surface area contributed by atoms with Crippen molar-refractivity contribution in [3.63, 3.8) is 0 Å². The Morgan fingerprint density at radius 2 is 1.91 bits per heavy atom. The van der Waals surface area contributed by atoms with Gasteiger partial charge in [-0.15, -0.1) is 0 Å². The number of aryl methyl sites for hydroxylation is 1. The molecule has 0 unspecified atom stereocenters. The fraction of sp³-hybridized carbons (Fsp3) is 0.450. The summed E-state index contributed by atoms with van der Waals surface area (Å²) in [4.78, 5) is 4.80. The summed E-state index contributed by atoms with van der Waals surface area (Å²) in [6, 6.07) is 10.3. The normalized spacial score (nSPS) is 14.3. The molecule has 3 heteroatoms. The molecule has 1 heterocycles. The van der Waals surface area contributed by atoms with Crippen LogP contribution in [0.1, 0.15) is 55.0 Å². The molecule has 3 rings (SSSR count). The zero-order valence-corrected chi connectivity index (χ0v) is 15.7. The number of ether oxygens (including phenoxy) is 1. The van der Waals surface area contributed by atoms with E-state index in [-0.39, 0.29) is 0 Å². The summed E-state index contributed by atoms with van der Waals surface area (Å²) in [6.45, 7) is 7.06. The zero-order chi connectivity index (χ0) is 16.4. The molecule has 1 aromatic heterocycles. The van der Waals surface area contributed by atoms with Crippen LogP contribution in [-0.2, 0) is 13.0 Å². The van der Waals surface area contributed by atoms with Gasteiger partial charge in [-0.2, -0.15) is 0 Å². The lowest BCUT2D eigenvalue weighted by atomic mass is 9.98. The van der Waals surface area contributed by atoms with Crippen LogP contribution in [-0.4, -0.2) is 4.98 Å². The van der Waals surface area contributed by atoms with Crippen LogP contribution in [0.3, 0.4) is 0 Å². The maximum Gasteiger partial charge on any atom is 0.218 e. The second-order valence-corrected chi connectivity index (χ2v) is 7.58. The Balaban J connectivity index is 1.89. The molecule has 2 aromatic rings. The molecule has 1 fully saturated rings. The molecule has 0 aliphatic heterocycles. The Morgan fingerprint density at radius 3 is 2.52 bits per heavy atom. The molecule has 1 aromatic carbocycles. The molecule has 0 saturated heterocycles. The highest BCUT2D eigenvalue weighted by Gasteiger charge is 2.26. The van der Waals surface area contributed by atoms with Gasteiger partial charge in [-0.3, -0.25) is 0 Å². The van der Waals surface area contributed by atoms with Crippen molar-refractivity contribution in [3.05, 3.63) is 57.2 Å². The number of benzene rings is 1. The average Bonchev–Trinajstić information content (AvgIpc) is 3.34. The second kappa shape index (κ2) is 7.04. The largest absolute Gasteiger partial charge is 0.473 e. The van der Waals surface area contributed by atoms with Crippen LogP contribution in [0, 0.1) is 12.8 Å². The Labute approximate surface area is 147 Å². The highest BCUT2D eigenvalue weighted by Crippen LogP contribution is 2.40. The smallest absolute Gasteiger partial charge is 0.218 e. The van der Waals surface area contributed by atoms with E-state index in [0.29, 0.717) is 12.5 Å². The van der Waals surface area contributed by atoms with Gasteiger partial charge in [0.1, 0.15) is 6.61 Å². The molecule has 122 valence electrons. The first kappa shape index (κ1) is 16.5. The number of halogens is 1. The van der Waals surface area contributed by atoms with Crippen LogP contribution in [0.4, 0.5) is 0 Å². The lowest BCUT2D eigenvalue weighted by Gasteiger charge is -2.19. The van der Waals surface area contributed by atoms with Crippen LogP contribution >= 0.6 is 15.9 Å². The quantitative estimate of drug-likeness (QED) is 0.637. The average molecular weight is 374 g/mol. The van der Waals surface area contributed by atoms with E-state index < -0.39 is 0 Å². The van der Waals surface area contributed by atoms with Gasteiger partial charge < -0.3 is 4.74 Å². The molecule has 2 nitrogen and oxygen atoms in total. The molecule has 0 atom stereocenters. The van der Waals surface area contributed by atoms with Crippen LogP contribution in [0.25, 0.3) is 0 Å². The summed E-state index contributed by atoms with van der Waals surface area (Å²) in [6.07, 6.45) is 3.85. The first-order chi connectivity index (χ1) is 11.1. The Bertz CT molecular complexity index is 678. The highest BCUT2D eigenvalue weighted by atomic mass is 79.9. The van der Waals surface area contributed by atoms with Gasteiger partial charge in [-0.25, -0.2) is 4.98 Å². The van der Waals surface area contributed by atoms with Crippen molar-refractivity contribution in [2.45, 2.75) is 52.6 Å². The third kappa shape index (κ3) is 3.95. The first-order valence-electron chi connectivity index (χ1n) is 8.41. The molecule has 1 aliphatic rings. The van der Waals surface area contributed by atoms with Gasteiger partial charge >= 0.3 is 0 Å². The van der Waals surface area contributed by atoms with Crippen LogP contribution in [0.5, 0.6) is 5.88 Å². The zero-order valence-electron chi connectivity index (χ0n) is 14.1. The Morgan fingerprint density at radius 1 is 1.22 bits per heavy atom. The van der Waals surface area contributed by atoms with Gasteiger partial charge in [-0.1, -0.05) is 44.2 Å². The molecule has 0 N–H and O–H groups in total. The summed E-state index contributed by atoms with van der Waals surface area (Å²) >= 11 is 3.85. The lowest BCUT2D eigenvalue weighted by molar-refractivity contribution is 0.288. The van der Waals surface area contributed by atoms with E-state index in [1.54, 1.807) is 0 Å². The van der Waals surface area contributed by atoms with Gasteiger partial charge in [0.15, 0.2) is 0 Å². The standard InChI is InChI=1S/C20H24BrNO/c1-13(2)18-19(21)17(11-15-9-10-15)14(3)22-20(18)23-12-16-7-5-4-6-8-16/h4-8,13,15H,9-12H2,1-3H3. The Hall–Kier alpha value is -1.35. The first-order valence-corrected chi connectivity index (χ1v) is 9.21. The van der Waals surface area contributed by atoms with Crippen LogP contribution in [0.15, 0.2) is 34.8 Å². The molecule has 1 saturated carbocycles. The third-order valence-electron chi connectivity index (χ3n) is 4.42. The van der Waals surface area contributed by atoms with Crippen molar-refractivity contribution in [1.29, 1.82) is 0 Å². The molecular formula is C20H24BrNO. The van der Waals surface area contributed by atoms with Gasteiger partial charge in [0.25, 0.3) is 0 Å². The van der Waals surface area contributed by atoms with Crippen molar-refractivity contribution < 1.29 is 4.74 Å². The predicted octanol–water partition coefficient (Wildman–Crippen LogP) is 5.81. The van der Waals surface area contributed by atoms with Crippen molar-refractivity contribution in [2.75, 3.05) is 0 Å². The summed E-state index contributed by atoms with van der Waals surface area (Å²) < 4.78 is 7.28. The number of aromatic nitrogens is 1. The fourth-order valence-corrected chi connectivity index (χ4v) is 3.96. The minimum atomic E-state index is 0.376. The van der Waals surface area contributed by atoms with Crippen molar-refractivity contribution >= 4 is 15.9 Å². The predicted molar refractivity (Wildman–Crippen MR) is 98.0 cm³/mol. The van der Waals surface area contributed by atoms with Gasteiger partial charge in [-0.05, 0) is 65.1 Å². The lowest BCUT2D eigenvalue weighted by Crippen LogP contribution is -2.08. The minimum Gasteiger partial charge on any atom is -0.473 e. The monoisotopic (exact) mass is 373 g/mol. The van der Waals surface area contributed by atoms with E-state index in [9.17, 15) is 0 Å². The van der Waals surface area contributed by atoms with Crippen molar-refractivity contribution in [2.24, 2.45) is 5.92 Å². The molecule has 0 bridgehead atoms. The molecule has 0 amide bonds. The van der Waals surface area contributed by atoms with Gasteiger partial charge in [0, 0.05) is 15.7 Å². The van der Waals surface area contributed by atoms with Crippen molar-refractivity contribution in [1.82, 2.24) is 4.98 Å². The topological polar surface area (TPSA) is 22.1 Å².